The van der Waals surface area contributed by atoms with E-state index in [1.807, 2.05) is 6.07 Å². The average Bonchev–Trinajstić information content (AvgIpc) is 2.57. The number of piperidine rings is 1. The molecule has 1 saturated heterocycles. The van der Waals surface area contributed by atoms with Crippen molar-refractivity contribution in [2.75, 3.05) is 25.5 Å². The number of benzene rings is 1. The smallest absolute Gasteiger partial charge is 0.0874 e. The summed E-state index contributed by atoms with van der Waals surface area (Å²) in [4.78, 5) is 2.20. The van der Waals surface area contributed by atoms with Crippen molar-refractivity contribution in [2.45, 2.75) is 18.1 Å². The minimum Gasteiger partial charge on any atom is -0.390 e. The van der Waals surface area contributed by atoms with Gasteiger partial charge in [-0.1, -0.05) is 18.2 Å². The highest BCUT2D eigenvalue weighted by molar-refractivity contribution is 5.60. The lowest BCUT2D eigenvalue weighted by molar-refractivity contribution is 0.0641. The number of rotatable bonds is 0. The summed E-state index contributed by atoms with van der Waals surface area (Å²) in [7, 11) is 2.07. The topological polar surface area (TPSA) is 35.5 Å². The van der Waals surface area contributed by atoms with Gasteiger partial charge in [0, 0.05) is 24.7 Å². The van der Waals surface area contributed by atoms with Gasteiger partial charge in [0.15, 0.2) is 0 Å². The Hall–Kier alpha value is -1.06. The third-order valence-corrected chi connectivity index (χ3v) is 3.54. The van der Waals surface area contributed by atoms with Gasteiger partial charge in [0.25, 0.3) is 0 Å². The largest absolute Gasteiger partial charge is 0.390 e. The SMILES string of the molecule is CN1C[C@@H]2c3ccccc3N[C@@H]2[C@@H](O)C1. The Morgan fingerprint density at radius 1 is 1.33 bits per heavy atom. The zero-order valence-electron chi connectivity index (χ0n) is 8.85. The molecule has 2 aliphatic heterocycles. The van der Waals surface area contributed by atoms with E-state index in [1.54, 1.807) is 0 Å². The van der Waals surface area contributed by atoms with Crippen LogP contribution in [0.5, 0.6) is 0 Å². The van der Waals surface area contributed by atoms with Gasteiger partial charge in [0.1, 0.15) is 0 Å². The molecule has 3 atom stereocenters. The fourth-order valence-corrected chi connectivity index (χ4v) is 2.84. The molecule has 3 nitrogen and oxygen atoms in total. The molecule has 1 fully saturated rings. The van der Waals surface area contributed by atoms with Crippen molar-refractivity contribution in [1.82, 2.24) is 4.90 Å². The third-order valence-electron chi connectivity index (χ3n) is 3.54. The second-order valence-electron chi connectivity index (χ2n) is 4.65. The van der Waals surface area contributed by atoms with Crippen molar-refractivity contribution in [1.29, 1.82) is 0 Å². The summed E-state index contributed by atoms with van der Waals surface area (Å²) < 4.78 is 0. The van der Waals surface area contributed by atoms with E-state index < -0.39 is 0 Å². The Kier molecular flexibility index (Phi) is 1.97. The van der Waals surface area contributed by atoms with E-state index in [1.165, 1.54) is 11.3 Å². The van der Waals surface area contributed by atoms with Gasteiger partial charge in [-0.25, -0.2) is 0 Å². The first-order chi connectivity index (χ1) is 7.25. The van der Waals surface area contributed by atoms with E-state index in [2.05, 4.69) is 35.5 Å². The number of likely N-dealkylation sites (N-methyl/N-ethyl adjacent to an activating group) is 1. The monoisotopic (exact) mass is 204 g/mol. The van der Waals surface area contributed by atoms with Gasteiger partial charge < -0.3 is 15.3 Å². The molecule has 0 spiro atoms. The minimum atomic E-state index is -0.263. The highest BCUT2D eigenvalue weighted by atomic mass is 16.3. The van der Waals surface area contributed by atoms with Gasteiger partial charge >= 0.3 is 0 Å². The first-order valence-corrected chi connectivity index (χ1v) is 5.48. The Balaban J connectivity index is 1.98. The number of aliphatic hydroxyl groups is 1. The number of para-hydroxylation sites is 1. The molecule has 0 saturated carbocycles. The van der Waals surface area contributed by atoms with Crippen LogP contribution in [0.4, 0.5) is 5.69 Å². The summed E-state index contributed by atoms with van der Waals surface area (Å²) in [6.07, 6.45) is -0.263. The normalized spacial score (nSPS) is 34.4. The van der Waals surface area contributed by atoms with Crippen LogP contribution in [-0.2, 0) is 0 Å². The van der Waals surface area contributed by atoms with Crippen LogP contribution in [0.25, 0.3) is 0 Å². The predicted octanol–water partition coefficient (Wildman–Crippen LogP) is 0.871. The Labute approximate surface area is 89.7 Å². The molecule has 0 bridgehead atoms. The number of hydrogen-bond donors (Lipinski definition) is 2. The zero-order valence-corrected chi connectivity index (χ0v) is 8.85. The number of aliphatic hydroxyl groups excluding tert-OH is 1. The van der Waals surface area contributed by atoms with E-state index in [-0.39, 0.29) is 12.1 Å². The number of fused-ring (bicyclic) bond motifs is 3. The Bertz CT molecular complexity index is 380. The van der Waals surface area contributed by atoms with Crippen molar-refractivity contribution in [3.8, 4) is 0 Å². The molecule has 0 radical (unpaired) electrons. The van der Waals surface area contributed by atoms with Gasteiger partial charge in [-0.3, -0.25) is 0 Å². The molecule has 80 valence electrons. The van der Waals surface area contributed by atoms with Gasteiger partial charge in [-0.15, -0.1) is 0 Å². The molecule has 2 N–H and O–H groups in total. The zero-order chi connectivity index (χ0) is 10.4. The molecule has 0 unspecified atom stereocenters. The number of nitrogens with one attached hydrogen (secondary N) is 1. The van der Waals surface area contributed by atoms with Crippen molar-refractivity contribution in [3.05, 3.63) is 29.8 Å². The lowest BCUT2D eigenvalue weighted by Crippen LogP contribution is -2.50. The summed E-state index contributed by atoms with van der Waals surface area (Å²) in [5, 5.41) is 13.4. The molecule has 1 aromatic rings. The van der Waals surface area contributed by atoms with Crippen LogP contribution < -0.4 is 5.32 Å². The molecule has 0 amide bonds. The lowest BCUT2D eigenvalue weighted by atomic mass is 9.88. The van der Waals surface area contributed by atoms with Crippen LogP contribution in [0.1, 0.15) is 11.5 Å². The maximum atomic E-state index is 10.0. The molecule has 3 rings (SSSR count). The van der Waals surface area contributed by atoms with E-state index in [0.29, 0.717) is 5.92 Å². The average molecular weight is 204 g/mol. The molecule has 0 aromatic heterocycles. The van der Waals surface area contributed by atoms with Crippen molar-refractivity contribution in [3.63, 3.8) is 0 Å². The van der Waals surface area contributed by atoms with E-state index in [0.717, 1.165) is 13.1 Å². The van der Waals surface area contributed by atoms with Gasteiger partial charge in [-0.05, 0) is 18.7 Å². The van der Waals surface area contributed by atoms with Crippen LogP contribution in [0.15, 0.2) is 24.3 Å². The number of β-amino-alcohol motifs (C(OH)–C–C–N with tert-alkyl or cyclic N) is 1. The van der Waals surface area contributed by atoms with E-state index >= 15 is 0 Å². The minimum absolute atomic E-state index is 0.207. The second kappa shape index (κ2) is 3.22. The highest BCUT2D eigenvalue weighted by Crippen LogP contribution is 2.39. The number of likely N-dealkylation sites (tertiary alicyclic amines) is 1. The van der Waals surface area contributed by atoms with Crippen LogP contribution in [-0.4, -0.2) is 42.3 Å². The third kappa shape index (κ3) is 1.34. The highest BCUT2D eigenvalue weighted by Gasteiger charge is 2.40. The van der Waals surface area contributed by atoms with Gasteiger partial charge in [0.05, 0.1) is 12.1 Å². The number of anilines is 1. The van der Waals surface area contributed by atoms with Crippen molar-refractivity contribution < 1.29 is 5.11 Å². The van der Waals surface area contributed by atoms with Crippen LogP contribution in [0.2, 0.25) is 0 Å². The van der Waals surface area contributed by atoms with Crippen LogP contribution in [0, 0.1) is 0 Å². The van der Waals surface area contributed by atoms with E-state index in [9.17, 15) is 5.11 Å². The molecule has 1 aromatic carbocycles. The fraction of sp³-hybridized carbons (Fsp3) is 0.500. The molecular weight excluding hydrogens is 188 g/mol. The Morgan fingerprint density at radius 2 is 2.13 bits per heavy atom. The van der Waals surface area contributed by atoms with Gasteiger partial charge in [0.2, 0.25) is 0 Å². The molecule has 3 heteroatoms. The van der Waals surface area contributed by atoms with Gasteiger partial charge in [-0.2, -0.15) is 0 Å². The van der Waals surface area contributed by atoms with E-state index in [4.69, 9.17) is 0 Å². The maximum Gasteiger partial charge on any atom is 0.0874 e. The maximum absolute atomic E-state index is 10.0. The molecular formula is C12H16N2O. The summed E-state index contributed by atoms with van der Waals surface area (Å²) in [5.74, 6) is 0.440. The fourth-order valence-electron chi connectivity index (χ4n) is 2.84. The van der Waals surface area contributed by atoms with Crippen LogP contribution in [0.3, 0.4) is 0 Å². The van der Waals surface area contributed by atoms with Crippen molar-refractivity contribution >= 4 is 5.69 Å². The second-order valence-corrected chi connectivity index (χ2v) is 4.65. The molecule has 2 aliphatic rings. The predicted molar refractivity (Wildman–Crippen MR) is 60.1 cm³/mol. The number of nitrogens with zero attached hydrogens (tertiary/aromatic N) is 1. The van der Waals surface area contributed by atoms with Crippen molar-refractivity contribution in [2.24, 2.45) is 0 Å². The van der Waals surface area contributed by atoms with Crippen LogP contribution >= 0.6 is 0 Å². The summed E-state index contributed by atoms with van der Waals surface area (Å²) >= 11 is 0. The summed E-state index contributed by atoms with van der Waals surface area (Å²) in [5.41, 5.74) is 2.55. The molecule has 15 heavy (non-hydrogen) atoms. The summed E-state index contributed by atoms with van der Waals surface area (Å²) in [6.45, 7) is 1.80. The Morgan fingerprint density at radius 3 is 3.00 bits per heavy atom. The first-order valence-electron chi connectivity index (χ1n) is 5.48. The first kappa shape index (κ1) is 9.19. The quantitative estimate of drug-likeness (QED) is 0.658. The molecule has 2 heterocycles. The molecule has 0 aliphatic carbocycles. The standard InChI is InChI=1S/C12H16N2O/c1-14-6-9-8-4-2-3-5-10(8)13-12(9)11(15)7-14/h2-5,9,11-13,15H,6-7H2,1H3/t9-,11+,12+/m1/s1. The number of hydrogen-bond acceptors (Lipinski definition) is 3. The lowest BCUT2D eigenvalue weighted by Gasteiger charge is -2.36. The summed E-state index contributed by atoms with van der Waals surface area (Å²) in [6, 6.07) is 8.58.